The summed E-state index contributed by atoms with van der Waals surface area (Å²) in [7, 11) is 1.62. The van der Waals surface area contributed by atoms with E-state index in [2.05, 4.69) is 4.98 Å². The Bertz CT molecular complexity index is 581. The summed E-state index contributed by atoms with van der Waals surface area (Å²) >= 11 is 0. The topological polar surface area (TPSA) is 70.5 Å². The fourth-order valence-electron chi connectivity index (χ4n) is 2.24. The highest BCUT2D eigenvalue weighted by molar-refractivity contribution is 5.79. The Kier molecular flexibility index (Phi) is 2.53. The molecule has 0 saturated carbocycles. The van der Waals surface area contributed by atoms with Gasteiger partial charge in [0.05, 0.1) is 25.7 Å². The van der Waals surface area contributed by atoms with Crippen molar-refractivity contribution in [1.29, 1.82) is 0 Å². The zero-order valence-corrected chi connectivity index (χ0v) is 10.5. The Hall–Kier alpha value is -1.59. The monoisotopic (exact) mass is 248 g/mol. The van der Waals surface area contributed by atoms with Crippen LogP contribution in [0.3, 0.4) is 0 Å². The van der Waals surface area contributed by atoms with Gasteiger partial charge >= 0.3 is 0 Å². The van der Waals surface area contributed by atoms with Crippen molar-refractivity contribution in [2.24, 2.45) is 5.73 Å². The predicted molar refractivity (Wildman–Crippen MR) is 66.7 cm³/mol. The number of benzene rings is 1. The van der Waals surface area contributed by atoms with Crippen molar-refractivity contribution in [2.45, 2.75) is 18.4 Å². The second kappa shape index (κ2) is 3.96. The molecule has 5 nitrogen and oxygen atoms in total. The Morgan fingerprint density at radius 1 is 1.50 bits per heavy atom. The van der Waals surface area contributed by atoms with Crippen LogP contribution < -0.4 is 10.5 Å². The van der Waals surface area contributed by atoms with Gasteiger partial charge in [0.2, 0.25) is 5.89 Å². The zero-order valence-electron chi connectivity index (χ0n) is 10.5. The number of hydrogen-bond donors (Lipinski definition) is 1. The van der Waals surface area contributed by atoms with Crippen molar-refractivity contribution in [3.05, 3.63) is 24.1 Å². The van der Waals surface area contributed by atoms with Gasteiger partial charge in [0, 0.05) is 6.04 Å². The standard InChI is InChI=1S/C13H16N2O3/c1-13(7-17-6-10(13)14)12-15-11-8(16-2)4-3-5-9(11)18-12/h3-5,10H,6-7,14H2,1-2H3. The van der Waals surface area contributed by atoms with Crippen LogP contribution in [0, 0.1) is 0 Å². The van der Waals surface area contributed by atoms with Crippen LogP contribution in [0.5, 0.6) is 5.75 Å². The number of hydrogen-bond acceptors (Lipinski definition) is 5. The molecule has 1 aromatic carbocycles. The highest BCUT2D eigenvalue weighted by Gasteiger charge is 2.43. The summed E-state index contributed by atoms with van der Waals surface area (Å²) in [6.07, 6.45) is 0. The van der Waals surface area contributed by atoms with Gasteiger partial charge in [-0.05, 0) is 19.1 Å². The highest BCUT2D eigenvalue weighted by Crippen LogP contribution is 2.35. The third kappa shape index (κ3) is 1.51. The summed E-state index contributed by atoms with van der Waals surface area (Å²) in [4.78, 5) is 4.54. The Morgan fingerprint density at radius 2 is 2.33 bits per heavy atom. The molecule has 1 saturated heterocycles. The third-order valence-corrected chi connectivity index (χ3v) is 3.61. The zero-order chi connectivity index (χ0) is 12.8. The molecule has 0 spiro atoms. The first-order valence-electron chi connectivity index (χ1n) is 5.92. The number of ether oxygens (including phenoxy) is 2. The van der Waals surface area contributed by atoms with Crippen LogP contribution in [0.4, 0.5) is 0 Å². The maximum atomic E-state index is 6.08. The summed E-state index contributed by atoms with van der Waals surface area (Å²) in [5.41, 5.74) is 7.15. The molecule has 2 atom stereocenters. The molecule has 2 N–H and O–H groups in total. The van der Waals surface area contributed by atoms with Gasteiger partial charge in [0.15, 0.2) is 11.1 Å². The fraction of sp³-hybridized carbons (Fsp3) is 0.462. The van der Waals surface area contributed by atoms with E-state index in [0.717, 1.165) is 5.52 Å². The molecule has 0 amide bonds. The van der Waals surface area contributed by atoms with E-state index in [4.69, 9.17) is 19.6 Å². The van der Waals surface area contributed by atoms with E-state index < -0.39 is 0 Å². The lowest BCUT2D eigenvalue weighted by Crippen LogP contribution is -2.42. The molecule has 1 aliphatic rings. The second-order valence-electron chi connectivity index (χ2n) is 4.87. The van der Waals surface area contributed by atoms with E-state index in [-0.39, 0.29) is 11.5 Å². The van der Waals surface area contributed by atoms with Gasteiger partial charge in [-0.15, -0.1) is 0 Å². The third-order valence-electron chi connectivity index (χ3n) is 3.61. The number of aromatic nitrogens is 1. The van der Waals surface area contributed by atoms with E-state index >= 15 is 0 Å². The SMILES string of the molecule is COc1cccc2oc(C3(C)COCC3N)nc12. The number of methoxy groups -OCH3 is 1. The van der Waals surface area contributed by atoms with Crippen molar-refractivity contribution in [1.82, 2.24) is 4.98 Å². The van der Waals surface area contributed by atoms with Crippen molar-refractivity contribution in [2.75, 3.05) is 20.3 Å². The summed E-state index contributed by atoms with van der Waals surface area (Å²) < 4.78 is 16.5. The fourth-order valence-corrected chi connectivity index (χ4v) is 2.24. The minimum absolute atomic E-state index is 0.100. The summed E-state index contributed by atoms with van der Waals surface area (Å²) in [5, 5.41) is 0. The van der Waals surface area contributed by atoms with Crippen LogP contribution in [-0.2, 0) is 10.2 Å². The first kappa shape index (κ1) is 11.5. The maximum Gasteiger partial charge on any atom is 0.205 e. The molecule has 1 fully saturated rings. The Balaban J connectivity index is 2.14. The number of nitrogens with zero attached hydrogens (tertiary/aromatic N) is 1. The molecule has 1 aliphatic heterocycles. The number of para-hydroxylation sites is 1. The molecule has 3 rings (SSSR count). The van der Waals surface area contributed by atoms with Crippen LogP contribution in [0.15, 0.2) is 22.6 Å². The van der Waals surface area contributed by atoms with Gasteiger partial charge in [-0.3, -0.25) is 0 Å². The lowest BCUT2D eigenvalue weighted by atomic mass is 9.86. The van der Waals surface area contributed by atoms with E-state index in [9.17, 15) is 0 Å². The first-order valence-corrected chi connectivity index (χ1v) is 5.92. The van der Waals surface area contributed by atoms with Crippen molar-refractivity contribution < 1.29 is 13.9 Å². The van der Waals surface area contributed by atoms with Crippen LogP contribution >= 0.6 is 0 Å². The molecular formula is C13H16N2O3. The summed E-state index contributed by atoms with van der Waals surface area (Å²) in [6, 6.07) is 5.52. The normalized spacial score (nSPS) is 27.8. The molecule has 2 unspecified atom stereocenters. The minimum atomic E-state index is -0.371. The molecule has 5 heteroatoms. The lowest BCUT2D eigenvalue weighted by molar-refractivity contribution is 0.173. The lowest BCUT2D eigenvalue weighted by Gasteiger charge is -2.22. The molecule has 18 heavy (non-hydrogen) atoms. The number of fused-ring (bicyclic) bond motifs is 1. The minimum Gasteiger partial charge on any atom is -0.494 e. The predicted octanol–water partition coefficient (Wildman–Crippen LogP) is 1.45. The van der Waals surface area contributed by atoms with Gasteiger partial charge in [0.25, 0.3) is 0 Å². The van der Waals surface area contributed by atoms with Gasteiger partial charge < -0.3 is 19.6 Å². The van der Waals surface area contributed by atoms with Crippen LogP contribution in [0.25, 0.3) is 11.1 Å². The van der Waals surface area contributed by atoms with Gasteiger partial charge in [-0.2, -0.15) is 0 Å². The number of rotatable bonds is 2. The number of oxazole rings is 1. The van der Waals surface area contributed by atoms with E-state index in [1.807, 2.05) is 25.1 Å². The molecule has 0 radical (unpaired) electrons. The van der Waals surface area contributed by atoms with E-state index in [1.54, 1.807) is 7.11 Å². The molecule has 2 heterocycles. The molecular weight excluding hydrogens is 232 g/mol. The molecule has 1 aromatic heterocycles. The maximum absolute atomic E-state index is 6.08. The molecule has 0 aliphatic carbocycles. The smallest absolute Gasteiger partial charge is 0.205 e. The summed E-state index contributed by atoms with van der Waals surface area (Å²) in [6.45, 7) is 3.08. The van der Waals surface area contributed by atoms with Crippen molar-refractivity contribution in [3.63, 3.8) is 0 Å². The van der Waals surface area contributed by atoms with Gasteiger partial charge in [0.1, 0.15) is 5.75 Å². The van der Waals surface area contributed by atoms with Crippen LogP contribution in [0.1, 0.15) is 12.8 Å². The highest BCUT2D eigenvalue weighted by atomic mass is 16.5. The van der Waals surface area contributed by atoms with Gasteiger partial charge in [-0.25, -0.2) is 4.98 Å². The average molecular weight is 248 g/mol. The van der Waals surface area contributed by atoms with Crippen molar-refractivity contribution >= 4 is 11.1 Å². The average Bonchev–Trinajstić information content (AvgIpc) is 2.94. The second-order valence-corrected chi connectivity index (χ2v) is 4.87. The Morgan fingerprint density at radius 3 is 3.00 bits per heavy atom. The largest absolute Gasteiger partial charge is 0.494 e. The van der Waals surface area contributed by atoms with Crippen molar-refractivity contribution in [3.8, 4) is 5.75 Å². The number of nitrogens with two attached hydrogens (primary N) is 1. The van der Waals surface area contributed by atoms with Crippen LogP contribution in [-0.4, -0.2) is 31.3 Å². The van der Waals surface area contributed by atoms with E-state index in [1.165, 1.54) is 0 Å². The quantitative estimate of drug-likeness (QED) is 0.871. The van der Waals surface area contributed by atoms with E-state index in [0.29, 0.717) is 30.4 Å². The molecule has 2 aromatic rings. The molecule has 0 bridgehead atoms. The van der Waals surface area contributed by atoms with Crippen LogP contribution in [0.2, 0.25) is 0 Å². The first-order chi connectivity index (χ1) is 8.65. The molecule has 96 valence electrons. The summed E-state index contributed by atoms with van der Waals surface area (Å²) in [5.74, 6) is 1.32. The van der Waals surface area contributed by atoms with Gasteiger partial charge in [-0.1, -0.05) is 6.07 Å². The Labute approximate surface area is 105 Å².